The van der Waals surface area contributed by atoms with Crippen LogP contribution in [-0.2, 0) is 0 Å². The van der Waals surface area contributed by atoms with Gasteiger partial charge in [-0.1, -0.05) is 19.4 Å². The summed E-state index contributed by atoms with van der Waals surface area (Å²) in [6.07, 6.45) is 2.90. The van der Waals surface area contributed by atoms with Crippen LogP contribution in [0.4, 0.5) is 13.6 Å². The number of hydrogen-bond acceptors (Lipinski definition) is 2. The van der Waals surface area contributed by atoms with Crippen molar-refractivity contribution in [2.45, 2.75) is 38.6 Å². The number of carbonyl (C=O) groups excluding carboxylic acids is 1. The number of nitrogens with one attached hydrogen (secondary N) is 1. The van der Waals surface area contributed by atoms with Crippen molar-refractivity contribution in [3.05, 3.63) is 35.4 Å². The van der Waals surface area contributed by atoms with E-state index in [1.807, 2.05) is 6.92 Å². The Bertz CT molecular complexity index is 531. The van der Waals surface area contributed by atoms with Gasteiger partial charge in [-0.2, -0.15) is 0 Å². The lowest BCUT2D eigenvalue weighted by Crippen LogP contribution is -2.46. The van der Waals surface area contributed by atoms with E-state index in [2.05, 4.69) is 5.32 Å². The zero-order valence-corrected chi connectivity index (χ0v) is 13.4. The van der Waals surface area contributed by atoms with Crippen LogP contribution in [0.2, 0.25) is 0 Å². The highest BCUT2D eigenvalue weighted by Crippen LogP contribution is 2.23. The van der Waals surface area contributed by atoms with E-state index in [1.165, 1.54) is 12.1 Å². The first-order valence-electron chi connectivity index (χ1n) is 8.16. The Balaban J connectivity index is 2.03. The number of benzene rings is 1. The molecule has 1 saturated heterocycles. The second kappa shape index (κ2) is 8.24. The number of carbonyl (C=O) groups is 1. The quantitative estimate of drug-likeness (QED) is 0.873. The molecule has 1 unspecified atom stereocenters. The van der Waals surface area contributed by atoms with E-state index in [-0.39, 0.29) is 18.6 Å². The first-order chi connectivity index (χ1) is 11.0. The summed E-state index contributed by atoms with van der Waals surface area (Å²) in [5.74, 6) is -1.01. The van der Waals surface area contributed by atoms with E-state index in [4.69, 9.17) is 5.11 Å². The smallest absolute Gasteiger partial charge is 0.317 e. The lowest BCUT2D eigenvalue weighted by Gasteiger charge is -2.32. The minimum absolute atomic E-state index is 0.148. The molecule has 1 aromatic rings. The molecule has 2 amide bonds. The van der Waals surface area contributed by atoms with Crippen molar-refractivity contribution in [3.8, 4) is 0 Å². The summed E-state index contributed by atoms with van der Waals surface area (Å²) in [5.41, 5.74) is 0.312. The lowest BCUT2D eigenvalue weighted by molar-refractivity contribution is 0.135. The molecule has 0 radical (unpaired) electrons. The predicted molar refractivity (Wildman–Crippen MR) is 83.9 cm³/mol. The Hall–Kier alpha value is -1.69. The van der Waals surface area contributed by atoms with Crippen LogP contribution in [0.3, 0.4) is 0 Å². The Morgan fingerprint density at radius 1 is 1.39 bits per heavy atom. The van der Waals surface area contributed by atoms with E-state index in [9.17, 15) is 13.6 Å². The number of likely N-dealkylation sites (tertiary alicyclic amines) is 1. The molecular weight excluding hydrogens is 302 g/mol. The van der Waals surface area contributed by atoms with E-state index in [1.54, 1.807) is 4.90 Å². The van der Waals surface area contributed by atoms with Gasteiger partial charge in [0.15, 0.2) is 0 Å². The van der Waals surface area contributed by atoms with Crippen molar-refractivity contribution in [2.24, 2.45) is 5.92 Å². The largest absolute Gasteiger partial charge is 0.396 e. The molecule has 1 atom stereocenters. The van der Waals surface area contributed by atoms with E-state index >= 15 is 0 Å². The minimum Gasteiger partial charge on any atom is -0.396 e. The zero-order chi connectivity index (χ0) is 16.8. The average Bonchev–Trinajstić information content (AvgIpc) is 2.54. The molecule has 1 aliphatic rings. The van der Waals surface area contributed by atoms with Gasteiger partial charge in [0.25, 0.3) is 0 Å². The molecule has 0 spiro atoms. The molecule has 1 fully saturated rings. The van der Waals surface area contributed by atoms with Crippen molar-refractivity contribution < 1.29 is 18.7 Å². The number of rotatable bonds is 5. The number of aliphatic hydroxyl groups excluding tert-OH is 1. The van der Waals surface area contributed by atoms with Crippen LogP contribution in [0.25, 0.3) is 0 Å². The molecule has 0 aliphatic carbocycles. The van der Waals surface area contributed by atoms with Gasteiger partial charge in [0.05, 0.1) is 6.04 Å². The standard InChI is InChI=1S/C17H24F2N2O2/c1-2-3-16(14-5-4-13(18)10-15(14)19)20-17(23)21-8-6-12(11-22)7-9-21/h4-5,10,12,16,22H,2-3,6-9,11H2,1H3,(H,20,23). The van der Waals surface area contributed by atoms with Crippen molar-refractivity contribution in [2.75, 3.05) is 19.7 Å². The number of piperidine rings is 1. The van der Waals surface area contributed by atoms with Gasteiger partial charge in [-0.25, -0.2) is 13.6 Å². The van der Waals surface area contributed by atoms with Crippen molar-refractivity contribution >= 4 is 6.03 Å². The van der Waals surface area contributed by atoms with Crippen LogP contribution in [0.5, 0.6) is 0 Å². The van der Waals surface area contributed by atoms with Gasteiger partial charge in [0, 0.05) is 31.3 Å². The van der Waals surface area contributed by atoms with Crippen molar-refractivity contribution in [3.63, 3.8) is 0 Å². The van der Waals surface area contributed by atoms with Crippen LogP contribution in [-0.4, -0.2) is 35.7 Å². The summed E-state index contributed by atoms with van der Waals surface area (Å²) in [4.78, 5) is 14.1. The number of urea groups is 1. The van der Waals surface area contributed by atoms with Crippen LogP contribution in [0.15, 0.2) is 18.2 Å². The Labute approximate surface area is 135 Å². The molecule has 0 bridgehead atoms. The third kappa shape index (κ3) is 4.64. The Morgan fingerprint density at radius 3 is 2.65 bits per heavy atom. The maximum absolute atomic E-state index is 14.0. The van der Waals surface area contributed by atoms with Crippen molar-refractivity contribution in [1.29, 1.82) is 0 Å². The lowest BCUT2D eigenvalue weighted by atomic mass is 9.98. The topological polar surface area (TPSA) is 52.6 Å². The SMILES string of the molecule is CCCC(NC(=O)N1CCC(CO)CC1)c1ccc(F)cc1F. The van der Waals surface area contributed by atoms with Gasteiger partial charge < -0.3 is 15.3 Å². The fourth-order valence-electron chi connectivity index (χ4n) is 2.94. The zero-order valence-electron chi connectivity index (χ0n) is 13.4. The van der Waals surface area contributed by atoms with Gasteiger partial charge in [-0.05, 0) is 31.2 Å². The third-order valence-corrected chi connectivity index (χ3v) is 4.37. The average molecular weight is 326 g/mol. The van der Waals surface area contributed by atoms with Crippen molar-refractivity contribution in [1.82, 2.24) is 10.2 Å². The highest BCUT2D eigenvalue weighted by molar-refractivity contribution is 5.74. The van der Waals surface area contributed by atoms with Crippen LogP contribution < -0.4 is 5.32 Å². The normalized spacial score (nSPS) is 17.1. The van der Waals surface area contributed by atoms with E-state index in [0.717, 1.165) is 25.3 Å². The maximum atomic E-state index is 14.0. The van der Waals surface area contributed by atoms with Gasteiger partial charge in [-0.15, -0.1) is 0 Å². The fourth-order valence-corrected chi connectivity index (χ4v) is 2.94. The van der Waals surface area contributed by atoms with Gasteiger partial charge in [0.1, 0.15) is 11.6 Å². The number of amides is 2. The Morgan fingerprint density at radius 2 is 2.09 bits per heavy atom. The van der Waals surface area contributed by atoms with Gasteiger partial charge >= 0.3 is 6.03 Å². The molecule has 6 heteroatoms. The fraction of sp³-hybridized carbons (Fsp3) is 0.588. The Kier molecular flexibility index (Phi) is 6.33. The summed E-state index contributed by atoms with van der Waals surface area (Å²) >= 11 is 0. The van der Waals surface area contributed by atoms with Crippen LogP contribution in [0.1, 0.15) is 44.2 Å². The molecule has 0 aromatic heterocycles. The van der Waals surface area contributed by atoms with E-state index < -0.39 is 17.7 Å². The molecule has 1 aliphatic heterocycles. The molecule has 0 saturated carbocycles. The number of halogens is 2. The minimum atomic E-state index is -0.636. The third-order valence-electron chi connectivity index (χ3n) is 4.37. The maximum Gasteiger partial charge on any atom is 0.317 e. The molecule has 128 valence electrons. The summed E-state index contributed by atoms with van der Waals surface area (Å²) < 4.78 is 27.0. The monoisotopic (exact) mass is 326 g/mol. The van der Waals surface area contributed by atoms with Gasteiger partial charge in [0.2, 0.25) is 0 Å². The molecule has 1 heterocycles. The summed E-state index contributed by atoms with van der Waals surface area (Å²) in [7, 11) is 0. The van der Waals surface area contributed by atoms with E-state index in [0.29, 0.717) is 25.1 Å². The molecule has 23 heavy (non-hydrogen) atoms. The molecular formula is C17H24F2N2O2. The summed E-state index contributed by atoms with van der Waals surface area (Å²) in [6, 6.07) is 2.74. The molecule has 2 rings (SSSR count). The second-order valence-corrected chi connectivity index (χ2v) is 6.07. The summed E-state index contributed by atoms with van der Waals surface area (Å²) in [6.45, 7) is 3.27. The first-order valence-corrected chi connectivity index (χ1v) is 8.16. The first kappa shape index (κ1) is 17.7. The molecule has 2 N–H and O–H groups in total. The van der Waals surface area contributed by atoms with Crippen LogP contribution >= 0.6 is 0 Å². The second-order valence-electron chi connectivity index (χ2n) is 6.07. The molecule has 4 nitrogen and oxygen atoms in total. The number of aliphatic hydroxyl groups is 1. The number of nitrogens with zero attached hydrogens (tertiary/aromatic N) is 1. The molecule has 1 aromatic carbocycles. The van der Waals surface area contributed by atoms with Crippen LogP contribution in [0, 0.1) is 17.6 Å². The highest BCUT2D eigenvalue weighted by atomic mass is 19.1. The number of hydrogen-bond donors (Lipinski definition) is 2. The predicted octanol–water partition coefficient (Wildman–Crippen LogP) is 3.22. The highest BCUT2D eigenvalue weighted by Gasteiger charge is 2.25. The summed E-state index contributed by atoms with van der Waals surface area (Å²) in [5, 5.41) is 12.0. The van der Waals surface area contributed by atoms with Gasteiger partial charge in [-0.3, -0.25) is 0 Å².